The first-order valence-corrected chi connectivity index (χ1v) is 10.0. The van der Waals surface area contributed by atoms with Crippen LogP contribution in [0, 0.1) is 0 Å². The zero-order valence-electron chi connectivity index (χ0n) is 16.1. The first-order chi connectivity index (χ1) is 13.3. The largest absolute Gasteiger partial charge is 0.454 e. The maximum atomic E-state index is 5.49. The number of ether oxygens (including phenoxy) is 2. The van der Waals surface area contributed by atoms with E-state index in [2.05, 4.69) is 58.4 Å². The number of nitrogens with zero attached hydrogens (tertiary/aromatic N) is 2. The first kappa shape index (κ1) is 18.1. The topological polar surface area (TPSA) is 37.0 Å². The van der Waals surface area contributed by atoms with Gasteiger partial charge in [-0.3, -0.25) is 4.90 Å². The summed E-state index contributed by atoms with van der Waals surface area (Å²) in [5.74, 6) is 1.67. The summed E-state index contributed by atoms with van der Waals surface area (Å²) >= 11 is 0. The Labute approximate surface area is 161 Å². The van der Waals surface area contributed by atoms with Gasteiger partial charge < -0.3 is 19.7 Å². The zero-order chi connectivity index (χ0) is 18.5. The number of anilines is 1. The normalized spacial score (nSPS) is 16.7. The fraction of sp³-hybridized carbons (Fsp3) is 0.455. The van der Waals surface area contributed by atoms with Gasteiger partial charge in [0.25, 0.3) is 0 Å². The van der Waals surface area contributed by atoms with E-state index in [1.165, 1.54) is 17.7 Å². The van der Waals surface area contributed by atoms with E-state index < -0.39 is 0 Å². The van der Waals surface area contributed by atoms with Crippen molar-refractivity contribution in [1.29, 1.82) is 0 Å². The highest BCUT2D eigenvalue weighted by Crippen LogP contribution is 2.36. The highest BCUT2D eigenvalue weighted by Gasteiger charge is 2.17. The van der Waals surface area contributed by atoms with Crippen LogP contribution in [0.3, 0.4) is 0 Å². The molecule has 5 nitrogen and oxygen atoms in total. The molecule has 0 amide bonds. The van der Waals surface area contributed by atoms with E-state index in [-0.39, 0.29) is 0 Å². The van der Waals surface area contributed by atoms with Crippen LogP contribution in [0.5, 0.6) is 11.5 Å². The van der Waals surface area contributed by atoms with Gasteiger partial charge in [-0.25, -0.2) is 0 Å². The summed E-state index contributed by atoms with van der Waals surface area (Å²) in [5.41, 5.74) is 3.68. The molecular weight excluding hydrogens is 338 g/mol. The minimum atomic E-state index is 0.318. The molecule has 0 spiro atoms. The average Bonchev–Trinajstić information content (AvgIpc) is 3.20. The van der Waals surface area contributed by atoms with Crippen molar-refractivity contribution in [1.82, 2.24) is 10.2 Å². The number of benzene rings is 2. The number of hydrogen-bond acceptors (Lipinski definition) is 5. The van der Waals surface area contributed by atoms with Crippen molar-refractivity contribution in [2.45, 2.75) is 13.3 Å². The molecule has 2 aliphatic rings. The minimum absolute atomic E-state index is 0.318. The van der Waals surface area contributed by atoms with Crippen LogP contribution in [-0.2, 0) is 0 Å². The molecule has 0 atom stereocenters. The molecule has 1 N–H and O–H groups in total. The van der Waals surface area contributed by atoms with Crippen LogP contribution in [0.15, 0.2) is 42.5 Å². The highest BCUT2D eigenvalue weighted by atomic mass is 16.7. The Morgan fingerprint density at radius 1 is 0.852 bits per heavy atom. The Morgan fingerprint density at radius 3 is 2.37 bits per heavy atom. The predicted octanol–water partition coefficient (Wildman–Crippen LogP) is 3.20. The first-order valence-electron chi connectivity index (χ1n) is 10.0. The second-order valence-corrected chi connectivity index (χ2v) is 7.19. The van der Waals surface area contributed by atoms with Crippen LogP contribution < -0.4 is 19.7 Å². The Balaban J connectivity index is 1.32. The molecule has 5 heteroatoms. The van der Waals surface area contributed by atoms with Crippen molar-refractivity contribution < 1.29 is 9.47 Å². The van der Waals surface area contributed by atoms with Gasteiger partial charge in [0.2, 0.25) is 6.79 Å². The summed E-state index contributed by atoms with van der Waals surface area (Å²) in [6, 6.07) is 15.0. The Hall–Kier alpha value is -2.24. The van der Waals surface area contributed by atoms with E-state index in [0.717, 1.165) is 62.9 Å². The summed E-state index contributed by atoms with van der Waals surface area (Å²) in [7, 11) is 0. The highest BCUT2D eigenvalue weighted by molar-refractivity contribution is 5.69. The van der Waals surface area contributed by atoms with Gasteiger partial charge in [-0.2, -0.15) is 0 Å². The van der Waals surface area contributed by atoms with Gasteiger partial charge in [0.05, 0.1) is 0 Å². The van der Waals surface area contributed by atoms with Gasteiger partial charge in [-0.1, -0.05) is 25.1 Å². The molecule has 144 valence electrons. The Bertz CT molecular complexity index is 740. The fourth-order valence-electron chi connectivity index (χ4n) is 3.71. The SMILES string of the molecule is CCCNCCN1CCN(c2ccc(-c3ccc4c(c3)OCO4)cc2)CC1. The van der Waals surface area contributed by atoms with E-state index in [0.29, 0.717) is 6.79 Å². The van der Waals surface area contributed by atoms with Gasteiger partial charge in [0.15, 0.2) is 11.5 Å². The van der Waals surface area contributed by atoms with Crippen molar-refractivity contribution in [2.24, 2.45) is 0 Å². The molecule has 0 unspecified atom stereocenters. The van der Waals surface area contributed by atoms with Crippen LogP contribution in [0.25, 0.3) is 11.1 Å². The van der Waals surface area contributed by atoms with Gasteiger partial charge >= 0.3 is 0 Å². The number of hydrogen-bond donors (Lipinski definition) is 1. The van der Waals surface area contributed by atoms with Crippen molar-refractivity contribution in [2.75, 3.05) is 57.5 Å². The zero-order valence-corrected chi connectivity index (χ0v) is 16.1. The molecule has 4 rings (SSSR count). The van der Waals surface area contributed by atoms with Crippen molar-refractivity contribution >= 4 is 5.69 Å². The van der Waals surface area contributed by atoms with Gasteiger partial charge in [0.1, 0.15) is 0 Å². The third-order valence-electron chi connectivity index (χ3n) is 5.34. The molecule has 2 aromatic rings. The van der Waals surface area contributed by atoms with E-state index >= 15 is 0 Å². The number of piperazine rings is 1. The molecule has 0 aliphatic carbocycles. The molecule has 0 aromatic heterocycles. The molecule has 1 saturated heterocycles. The van der Waals surface area contributed by atoms with Crippen LogP contribution in [0.2, 0.25) is 0 Å². The van der Waals surface area contributed by atoms with Gasteiger partial charge in [-0.15, -0.1) is 0 Å². The lowest BCUT2D eigenvalue weighted by atomic mass is 10.0. The summed E-state index contributed by atoms with van der Waals surface area (Å²) in [6.45, 7) is 10.4. The summed E-state index contributed by atoms with van der Waals surface area (Å²) in [6.07, 6.45) is 1.20. The summed E-state index contributed by atoms with van der Waals surface area (Å²) in [4.78, 5) is 5.04. The molecule has 2 aliphatic heterocycles. The summed E-state index contributed by atoms with van der Waals surface area (Å²) in [5, 5.41) is 3.49. The standard InChI is InChI=1S/C22H29N3O2/c1-2-9-23-10-11-24-12-14-25(15-13-24)20-6-3-18(4-7-20)19-5-8-21-22(16-19)27-17-26-21/h3-8,16,23H,2,9-15,17H2,1H3. The van der Waals surface area contributed by atoms with E-state index in [1.54, 1.807) is 0 Å². The Kier molecular flexibility index (Phi) is 5.80. The molecule has 2 heterocycles. The number of nitrogens with one attached hydrogen (secondary N) is 1. The minimum Gasteiger partial charge on any atom is -0.454 e. The molecule has 0 bridgehead atoms. The predicted molar refractivity (Wildman–Crippen MR) is 110 cm³/mol. The molecule has 0 radical (unpaired) electrons. The summed E-state index contributed by atoms with van der Waals surface area (Å²) < 4.78 is 10.9. The molecule has 2 aromatic carbocycles. The number of fused-ring (bicyclic) bond motifs is 1. The molecule has 0 saturated carbocycles. The van der Waals surface area contributed by atoms with E-state index in [1.807, 2.05) is 6.07 Å². The number of rotatable bonds is 7. The quantitative estimate of drug-likeness (QED) is 0.761. The van der Waals surface area contributed by atoms with Crippen LogP contribution in [0.4, 0.5) is 5.69 Å². The lowest BCUT2D eigenvalue weighted by molar-refractivity contribution is 0.174. The van der Waals surface area contributed by atoms with Crippen LogP contribution >= 0.6 is 0 Å². The lowest BCUT2D eigenvalue weighted by Crippen LogP contribution is -2.48. The third-order valence-corrected chi connectivity index (χ3v) is 5.34. The molecule has 27 heavy (non-hydrogen) atoms. The average molecular weight is 367 g/mol. The monoisotopic (exact) mass is 367 g/mol. The van der Waals surface area contributed by atoms with Crippen molar-refractivity contribution in [3.8, 4) is 22.6 Å². The van der Waals surface area contributed by atoms with Crippen molar-refractivity contribution in [3.63, 3.8) is 0 Å². The maximum absolute atomic E-state index is 5.49. The molecule has 1 fully saturated rings. The van der Waals surface area contributed by atoms with Crippen molar-refractivity contribution in [3.05, 3.63) is 42.5 Å². The van der Waals surface area contributed by atoms with E-state index in [4.69, 9.17) is 9.47 Å². The third kappa shape index (κ3) is 4.37. The second-order valence-electron chi connectivity index (χ2n) is 7.19. The second kappa shape index (κ2) is 8.63. The van der Waals surface area contributed by atoms with Crippen LogP contribution in [0.1, 0.15) is 13.3 Å². The van der Waals surface area contributed by atoms with E-state index in [9.17, 15) is 0 Å². The molecular formula is C22H29N3O2. The Morgan fingerprint density at radius 2 is 1.59 bits per heavy atom. The lowest BCUT2D eigenvalue weighted by Gasteiger charge is -2.36. The van der Waals surface area contributed by atoms with Gasteiger partial charge in [-0.05, 0) is 48.4 Å². The van der Waals surface area contributed by atoms with Crippen LogP contribution in [-0.4, -0.2) is 57.5 Å². The maximum Gasteiger partial charge on any atom is 0.231 e. The fourth-order valence-corrected chi connectivity index (χ4v) is 3.71. The van der Waals surface area contributed by atoms with Gasteiger partial charge in [0, 0.05) is 45.0 Å². The smallest absolute Gasteiger partial charge is 0.231 e.